The van der Waals surface area contributed by atoms with Gasteiger partial charge in [-0.15, -0.1) is 0 Å². The van der Waals surface area contributed by atoms with Crippen LogP contribution in [-0.2, 0) is 14.2 Å². The number of aliphatic hydroxyl groups is 2. The summed E-state index contributed by atoms with van der Waals surface area (Å²) in [5, 5.41) is 18.7. The molecule has 1 unspecified atom stereocenters. The summed E-state index contributed by atoms with van der Waals surface area (Å²) >= 11 is 0. The quantitative estimate of drug-likeness (QED) is 0.481. The van der Waals surface area contributed by atoms with Crippen molar-refractivity contribution in [1.29, 1.82) is 0 Å². The molecule has 7 heteroatoms. The molecule has 0 bridgehead atoms. The van der Waals surface area contributed by atoms with Gasteiger partial charge in [0.25, 0.3) is 0 Å². The van der Waals surface area contributed by atoms with Gasteiger partial charge in [-0.3, -0.25) is 0 Å². The standard InChI is InChI=1S/C10H19BO6/c1-10(2,3)17-9(14)16-7-6(13)5(4-12)15-8(7)11/h5-8,12-13H,4,11H2,1-3H3/t5-,6?,7+,8-/m1/s1. The largest absolute Gasteiger partial charge is 0.509 e. The fourth-order valence-corrected chi connectivity index (χ4v) is 1.62. The molecule has 6 nitrogen and oxygen atoms in total. The van der Waals surface area contributed by atoms with E-state index in [1.54, 1.807) is 28.6 Å². The Morgan fingerprint density at radius 1 is 1.47 bits per heavy atom. The summed E-state index contributed by atoms with van der Waals surface area (Å²) < 4.78 is 15.2. The van der Waals surface area contributed by atoms with Crippen LogP contribution in [0.15, 0.2) is 0 Å². The Kier molecular flexibility index (Phi) is 4.40. The molecule has 1 heterocycles. The van der Waals surface area contributed by atoms with Crippen LogP contribution in [0.1, 0.15) is 20.8 Å². The molecule has 1 saturated heterocycles. The summed E-state index contributed by atoms with van der Waals surface area (Å²) in [4.78, 5) is 11.4. The summed E-state index contributed by atoms with van der Waals surface area (Å²) in [6.45, 7) is 4.83. The average Bonchev–Trinajstić information content (AvgIpc) is 2.42. The van der Waals surface area contributed by atoms with Crippen molar-refractivity contribution < 1.29 is 29.2 Å². The van der Waals surface area contributed by atoms with E-state index < -0.39 is 36.1 Å². The maximum atomic E-state index is 11.4. The monoisotopic (exact) mass is 246 g/mol. The minimum absolute atomic E-state index is 0.320. The highest BCUT2D eigenvalue weighted by molar-refractivity contribution is 6.11. The van der Waals surface area contributed by atoms with Gasteiger partial charge >= 0.3 is 6.16 Å². The SMILES string of the molecule is B[C@@H]1O[C@H](CO)C(O)[C@@H]1OC(=O)OC(C)(C)C. The lowest BCUT2D eigenvalue weighted by Gasteiger charge is -2.23. The van der Waals surface area contributed by atoms with Gasteiger partial charge in [-0.1, -0.05) is 0 Å². The van der Waals surface area contributed by atoms with Crippen LogP contribution in [0.2, 0.25) is 0 Å². The molecule has 0 aromatic carbocycles. The average molecular weight is 246 g/mol. The number of aliphatic hydroxyl groups excluding tert-OH is 2. The van der Waals surface area contributed by atoms with Gasteiger partial charge in [0.1, 0.15) is 25.7 Å². The molecule has 17 heavy (non-hydrogen) atoms. The highest BCUT2D eigenvalue weighted by Crippen LogP contribution is 2.23. The minimum Gasteiger partial charge on any atom is -0.429 e. The first-order chi connectivity index (χ1) is 7.74. The zero-order valence-electron chi connectivity index (χ0n) is 10.5. The third kappa shape index (κ3) is 3.87. The summed E-state index contributed by atoms with van der Waals surface area (Å²) in [7, 11) is 1.66. The summed E-state index contributed by atoms with van der Waals surface area (Å²) in [6.07, 6.45) is -3.43. The van der Waals surface area contributed by atoms with E-state index in [4.69, 9.17) is 19.3 Å². The van der Waals surface area contributed by atoms with Crippen molar-refractivity contribution in [2.24, 2.45) is 0 Å². The highest BCUT2D eigenvalue weighted by atomic mass is 16.7. The van der Waals surface area contributed by atoms with Gasteiger partial charge in [0.15, 0.2) is 6.10 Å². The first-order valence-electron chi connectivity index (χ1n) is 5.58. The molecule has 2 N–H and O–H groups in total. The molecular weight excluding hydrogens is 227 g/mol. The van der Waals surface area contributed by atoms with Crippen LogP contribution in [0, 0.1) is 0 Å². The predicted molar refractivity (Wildman–Crippen MR) is 61.4 cm³/mol. The second-order valence-corrected chi connectivity index (χ2v) is 5.10. The Labute approximate surface area is 101 Å². The lowest BCUT2D eigenvalue weighted by molar-refractivity contribution is -0.0529. The van der Waals surface area contributed by atoms with Gasteiger partial charge in [0, 0.05) is 0 Å². The fourth-order valence-electron chi connectivity index (χ4n) is 1.62. The van der Waals surface area contributed by atoms with Crippen molar-refractivity contribution in [3.63, 3.8) is 0 Å². The Hall–Kier alpha value is -0.785. The smallest absolute Gasteiger partial charge is 0.429 e. The Morgan fingerprint density at radius 3 is 2.47 bits per heavy atom. The van der Waals surface area contributed by atoms with E-state index in [1.807, 2.05) is 0 Å². The van der Waals surface area contributed by atoms with Crippen molar-refractivity contribution >= 4 is 14.0 Å². The first-order valence-corrected chi connectivity index (χ1v) is 5.58. The van der Waals surface area contributed by atoms with Crippen LogP contribution in [-0.4, -0.2) is 60.7 Å². The molecule has 0 aliphatic carbocycles. The number of ether oxygens (including phenoxy) is 3. The molecule has 1 aliphatic rings. The molecule has 4 atom stereocenters. The molecule has 98 valence electrons. The van der Waals surface area contributed by atoms with Crippen molar-refractivity contribution in [2.45, 2.75) is 50.7 Å². The van der Waals surface area contributed by atoms with Gasteiger partial charge in [-0.2, -0.15) is 0 Å². The van der Waals surface area contributed by atoms with Crippen LogP contribution in [0.25, 0.3) is 0 Å². The van der Waals surface area contributed by atoms with Gasteiger partial charge in [0.2, 0.25) is 0 Å². The van der Waals surface area contributed by atoms with Crippen molar-refractivity contribution in [3.8, 4) is 0 Å². The molecule has 0 saturated carbocycles. The predicted octanol–water partition coefficient (Wildman–Crippen LogP) is -0.982. The van der Waals surface area contributed by atoms with Crippen LogP contribution in [0.3, 0.4) is 0 Å². The van der Waals surface area contributed by atoms with E-state index in [-0.39, 0.29) is 6.61 Å². The summed E-state index contributed by atoms with van der Waals surface area (Å²) in [6, 6.07) is -0.477. The van der Waals surface area contributed by atoms with Crippen LogP contribution in [0.4, 0.5) is 4.79 Å². The maximum absolute atomic E-state index is 11.4. The van der Waals surface area contributed by atoms with E-state index in [2.05, 4.69) is 0 Å². The number of carbonyl (C=O) groups excluding carboxylic acids is 1. The van der Waals surface area contributed by atoms with Crippen LogP contribution >= 0.6 is 0 Å². The molecule has 1 rings (SSSR count). The molecule has 0 spiro atoms. The van der Waals surface area contributed by atoms with Crippen molar-refractivity contribution in [3.05, 3.63) is 0 Å². The van der Waals surface area contributed by atoms with E-state index in [9.17, 15) is 9.90 Å². The minimum atomic E-state index is -1.04. The molecule has 1 fully saturated rings. The van der Waals surface area contributed by atoms with Gasteiger partial charge in [-0.25, -0.2) is 4.79 Å². The second kappa shape index (κ2) is 5.24. The second-order valence-electron chi connectivity index (χ2n) is 5.10. The zero-order valence-corrected chi connectivity index (χ0v) is 10.5. The maximum Gasteiger partial charge on any atom is 0.509 e. The van der Waals surface area contributed by atoms with E-state index >= 15 is 0 Å². The number of hydrogen-bond donors (Lipinski definition) is 2. The van der Waals surface area contributed by atoms with Gasteiger partial charge in [-0.05, 0) is 20.8 Å². The number of hydrogen-bond acceptors (Lipinski definition) is 6. The van der Waals surface area contributed by atoms with E-state index in [1.165, 1.54) is 0 Å². The Bertz CT molecular complexity index is 276. The Morgan fingerprint density at radius 2 is 2.06 bits per heavy atom. The van der Waals surface area contributed by atoms with E-state index in [0.29, 0.717) is 0 Å². The third-order valence-corrected chi connectivity index (χ3v) is 2.37. The van der Waals surface area contributed by atoms with Crippen molar-refractivity contribution in [1.82, 2.24) is 0 Å². The summed E-state index contributed by atoms with van der Waals surface area (Å²) in [5.74, 6) is 0. The van der Waals surface area contributed by atoms with Gasteiger partial charge in [0.05, 0.1) is 12.6 Å². The lowest BCUT2D eigenvalue weighted by atomic mass is 9.93. The topological polar surface area (TPSA) is 85.2 Å². The zero-order chi connectivity index (χ0) is 13.2. The fraction of sp³-hybridized carbons (Fsp3) is 0.900. The molecule has 1 aliphatic heterocycles. The highest BCUT2D eigenvalue weighted by Gasteiger charge is 2.43. The molecular formula is C10H19BO6. The third-order valence-electron chi connectivity index (χ3n) is 2.37. The van der Waals surface area contributed by atoms with E-state index in [0.717, 1.165) is 0 Å². The van der Waals surface area contributed by atoms with Crippen LogP contribution in [0.5, 0.6) is 0 Å². The normalized spacial score (nSPS) is 33.5. The molecule has 0 aromatic rings. The molecule has 0 radical (unpaired) electrons. The lowest BCUT2D eigenvalue weighted by Crippen LogP contribution is -2.39. The van der Waals surface area contributed by atoms with Crippen LogP contribution < -0.4 is 0 Å². The first kappa shape index (κ1) is 14.3. The molecule has 0 aromatic heterocycles. The summed E-state index contributed by atoms with van der Waals surface area (Å²) in [5.41, 5.74) is -0.652. The van der Waals surface area contributed by atoms with Gasteiger partial charge < -0.3 is 24.4 Å². The number of carbonyl (C=O) groups is 1. The molecule has 0 amide bonds. The Balaban J connectivity index is 2.54. The van der Waals surface area contributed by atoms with Crippen molar-refractivity contribution in [2.75, 3.05) is 6.61 Å². The number of rotatable bonds is 2.